The monoisotopic (exact) mass is 490 g/mol. The number of dihydropyridines is 1. The summed E-state index contributed by atoms with van der Waals surface area (Å²) in [4.78, 5) is 42.3. The van der Waals surface area contributed by atoms with Crippen LogP contribution in [0.15, 0.2) is 46.8 Å². The van der Waals surface area contributed by atoms with Gasteiger partial charge < -0.3 is 34.2 Å². The van der Waals surface area contributed by atoms with Crippen LogP contribution in [0.25, 0.3) is 0 Å². The van der Waals surface area contributed by atoms with Gasteiger partial charge in [0.1, 0.15) is 18.0 Å². The summed E-state index contributed by atoms with van der Waals surface area (Å²) in [5.41, 5.74) is -0.513. The van der Waals surface area contributed by atoms with Crippen LogP contribution in [0.2, 0.25) is 0 Å². The summed E-state index contributed by atoms with van der Waals surface area (Å²) in [6.45, 7) is 2.63. The van der Waals surface area contributed by atoms with Crippen molar-refractivity contribution in [2.45, 2.75) is 43.7 Å². The van der Waals surface area contributed by atoms with E-state index in [1.54, 1.807) is 38.1 Å². The third-order valence-corrected chi connectivity index (χ3v) is 6.55. The topological polar surface area (TPSA) is 156 Å². The number of rotatable bonds is 7. The Balaban J connectivity index is 1.80. The maximum absolute atomic E-state index is 14.1. The third-order valence-electron chi connectivity index (χ3n) is 6.55. The second-order valence-electron chi connectivity index (χ2n) is 8.52. The summed E-state index contributed by atoms with van der Waals surface area (Å²) in [5, 5.41) is 24.4. The fourth-order valence-corrected chi connectivity index (χ4v) is 5.01. The van der Waals surface area contributed by atoms with E-state index in [0.717, 1.165) is 0 Å². The Morgan fingerprint density at radius 1 is 1.17 bits per heavy atom. The number of aliphatic hydroxyl groups is 1. The van der Waals surface area contributed by atoms with Crippen LogP contribution in [0.5, 0.6) is 5.75 Å². The van der Waals surface area contributed by atoms with Gasteiger partial charge in [0, 0.05) is 22.5 Å². The molecule has 5 atom stereocenters. The van der Waals surface area contributed by atoms with Crippen molar-refractivity contribution in [1.29, 1.82) is 0 Å². The third kappa shape index (κ3) is 4.03. The van der Waals surface area contributed by atoms with Crippen molar-refractivity contribution >= 4 is 11.8 Å². The van der Waals surface area contributed by atoms with Crippen molar-refractivity contribution in [2.75, 3.05) is 27.4 Å². The molecule has 0 saturated carbocycles. The number of nitrogens with one attached hydrogen (secondary N) is 1. The number of Topliss-reactive ketones (excluding diaryl/α,β-unsaturated/α-hetero) is 1. The number of para-hydroxylation sites is 1. The Hall–Kier alpha value is -3.48. The SMILES string of the molecule is COC(=O)C1=C(C)NC(C)=C(C(=O)[C@]2(O)CO[C@@H]3[C@H](O[N+](=O)[O-])CO[C@@H]32)C1c1ccccc1OC. The second kappa shape index (κ2) is 9.29. The van der Waals surface area contributed by atoms with Gasteiger partial charge >= 0.3 is 5.97 Å². The van der Waals surface area contributed by atoms with E-state index in [1.165, 1.54) is 14.2 Å². The van der Waals surface area contributed by atoms with E-state index >= 15 is 0 Å². The number of hydrogen-bond donors (Lipinski definition) is 2. The molecule has 0 amide bonds. The standard InChI is InChI=1S/C23H26N2O10/c1-11-16(20(26)23(28)10-34-19-15(35-25(29)30)9-33-21(19)23)18(13-7-5-6-8-14(13)31-3)17(12(2)24-11)22(27)32-4/h5-8,15,18-19,21,24,28H,9-10H2,1-4H3/t15-,18?,19-,21+,23-/m1/s1. The van der Waals surface area contributed by atoms with Gasteiger partial charge in [0.2, 0.25) is 0 Å². The Bertz CT molecular complexity index is 1130. The molecule has 2 saturated heterocycles. The molecule has 4 rings (SSSR count). The number of esters is 1. The molecule has 188 valence electrons. The number of allylic oxidation sites excluding steroid dienone is 2. The summed E-state index contributed by atoms with van der Waals surface area (Å²) in [6, 6.07) is 6.91. The first-order chi connectivity index (χ1) is 16.6. The minimum Gasteiger partial charge on any atom is -0.496 e. The number of nitrogens with zero attached hydrogens (tertiary/aromatic N) is 1. The van der Waals surface area contributed by atoms with E-state index in [9.17, 15) is 24.8 Å². The molecule has 1 aromatic carbocycles. The quantitative estimate of drug-likeness (QED) is 0.316. The number of ketones is 1. The number of carbonyl (C=O) groups is 2. The number of hydrogen-bond acceptors (Lipinski definition) is 11. The summed E-state index contributed by atoms with van der Waals surface area (Å²) in [7, 11) is 2.70. The highest BCUT2D eigenvalue weighted by molar-refractivity contribution is 6.08. The molecular formula is C23H26N2O10. The fourth-order valence-electron chi connectivity index (χ4n) is 5.01. The predicted octanol–water partition coefficient (Wildman–Crippen LogP) is 0.778. The molecule has 0 bridgehead atoms. The molecule has 12 heteroatoms. The molecule has 35 heavy (non-hydrogen) atoms. The first-order valence-corrected chi connectivity index (χ1v) is 10.8. The second-order valence-corrected chi connectivity index (χ2v) is 8.52. The fraction of sp³-hybridized carbons (Fsp3) is 0.478. The first-order valence-electron chi connectivity index (χ1n) is 10.8. The smallest absolute Gasteiger partial charge is 0.336 e. The number of ether oxygens (including phenoxy) is 4. The van der Waals surface area contributed by atoms with Gasteiger partial charge in [-0.05, 0) is 19.9 Å². The average Bonchev–Trinajstić information content (AvgIpc) is 3.39. The van der Waals surface area contributed by atoms with Crippen LogP contribution < -0.4 is 10.1 Å². The van der Waals surface area contributed by atoms with Gasteiger partial charge in [-0.2, -0.15) is 0 Å². The highest BCUT2D eigenvalue weighted by atomic mass is 17.0. The van der Waals surface area contributed by atoms with Gasteiger partial charge in [-0.15, -0.1) is 10.1 Å². The van der Waals surface area contributed by atoms with Crippen LogP contribution in [-0.2, 0) is 28.6 Å². The summed E-state index contributed by atoms with van der Waals surface area (Å²) in [6.07, 6.45) is -3.31. The molecule has 1 unspecified atom stereocenters. The normalized spacial score (nSPS) is 30.0. The zero-order chi connectivity index (χ0) is 25.5. The first kappa shape index (κ1) is 24.6. The minimum atomic E-state index is -2.18. The molecule has 1 aromatic rings. The van der Waals surface area contributed by atoms with Crippen molar-refractivity contribution in [2.24, 2.45) is 0 Å². The van der Waals surface area contributed by atoms with E-state index in [0.29, 0.717) is 22.7 Å². The number of benzene rings is 1. The lowest BCUT2D eigenvalue weighted by Gasteiger charge is -2.35. The lowest BCUT2D eigenvalue weighted by Crippen LogP contribution is -2.53. The Kier molecular flexibility index (Phi) is 6.54. The molecule has 12 nitrogen and oxygen atoms in total. The highest BCUT2D eigenvalue weighted by Gasteiger charge is 2.62. The minimum absolute atomic E-state index is 0.0921. The number of fused-ring (bicyclic) bond motifs is 1. The molecular weight excluding hydrogens is 464 g/mol. The van der Waals surface area contributed by atoms with E-state index in [4.69, 9.17) is 18.9 Å². The van der Waals surface area contributed by atoms with E-state index in [2.05, 4.69) is 10.2 Å². The maximum Gasteiger partial charge on any atom is 0.336 e. The zero-order valence-corrected chi connectivity index (χ0v) is 19.6. The van der Waals surface area contributed by atoms with Gasteiger partial charge in [-0.3, -0.25) is 4.79 Å². The Labute approximate surface area is 200 Å². The Morgan fingerprint density at radius 3 is 2.51 bits per heavy atom. The van der Waals surface area contributed by atoms with Gasteiger partial charge in [0.25, 0.3) is 5.09 Å². The maximum atomic E-state index is 14.1. The van der Waals surface area contributed by atoms with Crippen LogP contribution in [0.4, 0.5) is 0 Å². The van der Waals surface area contributed by atoms with Gasteiger partial charge in [-0.1, -0.05) is 18.2 Å². The van der Waals surface area contributed by atoms with E-state index < -0.39 is 53.3 Å². The predicted molar refractivity (Wildman–Crippen MR) is 118 cm³/mol. The molecule has 0 aromatic heterocycles. The summed E-state index contributed by atoms with van der Waals surface area (Å²) in [5.74, 6) is -1.92. The van der Waals surface area contributed by atoms with Crippen LogP contribution in [0, 0.1) is 10.1 Å². The molecule has 0 radical (unpaired) electrons. The number of methoxy groups -OCH3 is 2. The zero-order valence-electron chi connectivity index (χ0n) is 19.6. The van der Waals surface area contributed by atoms with Crippen molar-refractivity contribution < 1.29 is 43.6 Å². The Morgan fingerprint density at radius 2 is 1.86 bits per heavy atom. The van der Waals surface area contributed by atoms with E-state index in [1.807, 2.05) is 0 Å². The molecule has 0 aliphatic carbocycles. The van der Waals surface area contributed by atoms with Crippen molar-refractivity contribution in [3.63, 3.8) is 0 Å². The van der Waals surface area contributed by atoms with Crippen LogP contribution in [0.1, 0.15) is 25.3 Å². The van der Waals surface area contributed by atoms with Gasteiger partial charge in [-0.25, -0.2) is 4.79 Å². The molecule has 3 aliphatic rings. The number of carbonyl (C=O) groups excluding carboxylic acids is 2. The molecule has 2 fully saturated rings. The molecule has 2 N–H and O–H groups in total. The molecule has 3 heterocycles. The van der Waals surface area contributed by atoms with Crippen molar-refractivity contribution in [1.82, 2.24) is 5.32 Å². The lowest BCUT2D eigenvalue weighted by molar-refractivity contribution is -0.769. The largest absolute Gasteiger partial charge is 0.496 e. The lowest BCUT2D eigenvalue weighted by atomic mass is 9.74. The van der Waals surface area contributed by atoms with Crippen molar-refractivity contribution in [3.8, 4) is 5.75 Å². The average molecular weight is 490 g/mol. The summed E-state index contributed by atoms with van der Waals surface area (Å²) >= 11 is 0. The van der Waals surface area contributed by atoms with Crippen LogP contribution in [0.3, 0.4) is 0 Å². The van der Waals surface area contributed by atoms with Gasteiger partial charge in [0.15, 0.2) is 17.5 Å². The summed E-state index contributed by atoms with van der Waals surface area (Å²) < 4.78 is 21.6. The van der Waals surface area contributed by atoms with Crippen molar-refractivity contribution in [3.05, 3.63) is 62.5 Å². The highest BCUT2D eigenvalue weighted by Crippen LogP contribution is 2.46. The van der Waals surface area contributed by atoms with Gasteiger partial charge in [0.05, 0.1) is 38.9 Å². The molecule has 0 spiro atoms. The van der Waals surface area contributed by atoms with Crippen LogP contribution >= 0.6 is 0 Å². The molecule has 3 aliphatic heterocycles. The van der Waals surface area contributed by atoms with E-state index in [-0.39, 0.29) is 17.8 Å². The van der Waals surface area contributed by atoms with Crippen LogP contribution in [-0.4, -0.2) is 73.3 Å².